The average Bonchev–Trinajstić information content (AvgIpc) is 2.82. The lowest BCUT2D eigenvalue weighted by Gasteiger charge is -2.16. The fourth-order valence-electron chi connectivity index (χ4n) is 3.92. The van der Waals surface area contributed by atoms with E-state index in [0.29, 0.717) is 0 Å². The highest BCUT2D eigenvalue weighted by Crippen LogP contribution is 2.38. The van der Waals surface area contributed by atoms with E-state index in [2.05, 4.69) is 0 Å². The standard InChI is InChI=1S/C28H25F3O5/c1-16(2)11-12-21-24(36-3)15-19(25(26(21)33)27(34)35)14-23(32)18-8-6-7-17(13-18)20-9-4-5-10-22(20)28(29,30)31/h4-11,13,15,33H,12,14H2,1-3H3,(H,34,35). The maximum atomic E-state index is 13.5. The monoisotopic (exact) mass is 498 g/mol. The number of carbonyl (C=O) groups excluding carboxylic acids is 1. The molecule has 0 saturated heterocycles. The van der Waals surface area contributed by atoms with Gasteiger partial charge < -0.3 is 14.9 Å². The van der Waals surface area contributed by atoms with Crippen molar-refractivity contribution in [3.8, 4) is 22.6 Å². The Bertz CT molecular complexity index is 1340. The summed E-state index contributed by atoms with van der Waals surface area (Å²) in [6.45, 7) is 3.71. The van der Waals surface area contributed by atoms with Crippen molar-refractivity contribution in [2.24, 2.45) is 0 Å². The van der Waals surface area contributed by atoms with Crippen LogP contribution in [0.1, 0.15) is 51.3 Å². The molecule has 0 unspecified atom stereocenters. The third-order valence-electron chi connectivity index (χ3n) is 5.67. The van der Waals surface area contributed by atoms with Gasteiger partial charge in [0.2, 0.25) is 0 Å². The van der Waals surface area contributed by atoms with Crippen LogP contribution in [0.3, 0.4) is 0 Å². The fourth-order valence-corrected chi connectivity index (χ4v) is 3.92. The van der Waals surface area contributed by atoms with Crippen molar-refractivity contribution >= 4 is 11.8 Å². The van der Waals surface area contributed by atoms with Crippen molar-refractivity contribution in [3.63, 3.8) is 0 Å². The van der Waals surface area contributed by atoms with Crippen LogP contribution in [0.25, 0.3) is 11.1 Å². The van der Waals surface area contributed by atoms with Crippen molar-refractivity contribution in [1.29, 1.82) is 0 Å². The first-order chi connectivity index (χ1) is 16.9. The SMILES string of the molecule is COc1cc(CC(=O)c2cccc(-c3ccccc3C(F)(F)F)c2)c(C(=O)O)c(O)c1CC=C(C)C. The van der Waals surface area contributed by atoms with Crippen LogP contribution in [0.15, 0.2) is 66.2 Å². The number of hydrogen-bond acceptors (Lipinski definition) is 4. The van der Waals surface area contributed by atoms with E-state index in [0.717, 1.165) is 11.6 Å². The predicted octanol–water partition coefficient (Wildman–Crippen LogP) is 6.72. The molecule has 0 amide bonds. The zero-order valence-corrected chi connectivity index (χ0v) is 19.9. The third-order valence-corrected chi connectivity index (χ3v) is 5.67. The Morgan fingerprint density at radius 1 is 1.03 bits per heavy atom. The third kappa shape index (κ3) is 5.76. The van der Waals surface area contributed by atoms with Crippen LogP contribution < -0.4 is 4.74 Å². The van der Waals surface area contributed by atoms with E-state index in [1.165, 1.54) is 55.6 Å². The highest BCUT2D eigenvalue weighted by Gasteiger charge is 2.33. The normalized spacial score (nSPS) is 11.2. The van der Waals surface area contributed by atoms with Crippen molar-refractivity contribution in [2.45, 2.75) is 32.9 Å². The summed E-state index contributed by atoms with van der Waals surface area (Å²) < 4.78 is 45.8. The number of aromatic carboxylic acids is 1. The summed E-state index contributed by atoms with van der Waals surface area (Å²) in [5, 5.41) is 20.5. The predicted molar refractivity (Wildman–Crippen MR) is 130 cm³/mol. The minimum atomic E-state index is -4.58. The molecule has 0 saturated carbocycles. The van der Waals surface area contributed by atoms with E-state index < -0.39 is 41.2 Å². The first kappa shape index (κ1) is 26.5. The molecule has 3 rings (SSSR count). The topological polar surface area (TPSA) is 83.8 Å². The van der Waals surface area contributed by atoms with Gasteiger partial charge in [-0.05, 0) is 55.2 Å². The van der Waals surface area contributed by atoms with Gasteiger partial charge in [-0.3, -0.25) is 4.79 Å². The summed E-state index contributed by atoms with van der Waals surface area (Å²) in [4.78, 5) is 25.1. The number of carboxylic acids is 1. The molecule has 2 N–H and O–H groups in total. The van der Waals surface area contributed by atoms with E-state index in [1.807, 2.05) is 13.8 Å². The molecule has 0 aliphatic carbocycles. The summed E-state index contributed by atoms with van der Waals surface area (Å²) in [5.74, 6) is -2.20. The molecule has 0 aliphatic rings. The number of rotatable bonds is 8. The van der Waals surface area contributed by atoms with E-state index in [4.69, 9.17) is 4.74 Å². The summed E-state index contributed by atoms with van der Waals surface area (Å²) in [7, 11) is 1.37. The molecule has 188 valence electrons. The molecular weight excluding hydrogens is 473 g/mol. The maximum Gasteiger partial charge on any atom is 0.417 e. The maximum absolute atomic E-state index is 13.5. The minimum Gasteiger partial charge on any atom is -0.507 e. The van der Waals surface area contributed by atoms with Crippen LogP contribution in [-0.4, -0.2) is 29.1 Å². The van der Waals surface area contributed by atoms with Gasteiger partial charge in [-0.2, -0.15) is 13.2 Å². The van der Waals surface area contributed by atoms with Gasteiger partial charge >= 0.3 is 12.1 Å². The Morgan fingerprint density at radius 3 is 2.33 bits per heavy atom. The van der Waals surface area contributed by atoms with Crippen LogP contribution in [0.5, 0.6) is 11.5 Å². The van der Waals surface area contributed by atoms with E-state index in [-0.39, 0.29) is 40.0 Å². The number of halogens is 3. The molecular formula is C28H25F3O5. The van der Waals surface area contributed by atoms with Crippen molar-refractivity contribution in [1.82, 2.24) is 0 Å². The molecule has 36 heavy (non-hydrogen) atoms. The number of benzene rings is 3. The molecule has 0 atom stereocenters. The summed E-state index contributed by atoms with van der Waals surface area (Å²) in [6.07, 6.45) is -2.95. The van der Waals surface area contributed by atoms with Crippen molar-refractivity contribution in [3.05, 3.63) is 94.1 Å². The second kappa shape index (κ2) is 10.7. The van der Waals surface area contributed by atoms with Gasteiger partial charge in [0.15, 0.2) is 5.78 Å². The van der Waals surface area contributed by atoms with Gasteiger partial charge in [0.05, 0.1) is 12.7 Å². The van der Waals surface area contributed by atoms with Gasteiger partial charge in [-0.1, -0.05) is 48.0 Å². The minimum absolute atomic E-state index is 0.0314. The number of Topliss-reactive ketones (excluding diaryl/α,β-unsaturated/α-hetero) is 1. The van der Waals surface area contributed by atoms with E-state index in [1.54, 1.807) is 6.08 Å². The molecule has 3 aromatic carbocycles. The van der Waals surface area contributed by atoms with E-state index in [9.17, 15) is 33.0 Å². The molecule has 0 heterocycles. The van der Waals surface area contributed by atoms with Crippen LogP contribution >= 0.6 is 0 Å². The second-order valence-corrected chi connectivity index (χ2v) is 8.45. The number of ketones is 1. The lowest BCUT2D eigenvalue weighted by molar-refractivity contribution is -0.137. The highest BCUT2D eigenvalue weighted by atomic mass is 19.4. The molecule has 0 fully saturated rings. The number of methoxy groups -OCH3 is 1. The van der Waals surface area contributed by atoms with Crippen LogP contribution in [0, 0.1) is 0 Å². The van der Waals surface area contributed by atoms with Gasteiger partial charge in [0.1, 0.15) is 17.1 Å². The number of aromatic hydroxyl groups is 1. The first-order valence-electron chi connectivity index (χ1n) is 11.0. The smallest absolute Gasteiger partial charge is 0.417 e. The average molecular weight is 498 g/mol. The summed E-state index contributed by atoms with van der Waals surface area (Å²) in [5.41, 5.74) is 0.247. The van der Waals surface area contributed by atoms with Gasteiger partial charge in [-0.15, -0.1) is 0 Å². The first-order valence-corrected chi connectivity index (χ1v) is 11.0. The Kier molecular flexibility index (Phi) is 7.87. The quantitative estimate of drug-likeness (QED) is 0.266. The highest BCUT2D eigenvalue weighted by molar-refractivity contribution is 6.01. The largest absolute Gasteiger partial charge is 0.507 e. The molecule has 0 aliphatic heterocycles. The molecule has 3 aromatic rings. The summed E-state index contributed by atoms with van der Waals surface area (Å²) in [6, 6.07) is 12.2. The van der Waals surface area contributed by atoms with Crippen LogP contribution in [0.2, 0.25) is 0 Å². The number of ether oxygens (including phenoxy) is 1. The van der Waals surface area contributed by atoms with Gasteiger partial charge in [-0.25, -0.2) is 4.79 Å². The molecule has 0 aromatic heterocycles. The number of hydrogen-bond donors (Lipinski definition) is 2. The van der Waals surface area contributed by atoms with Crippen LogP contribution in [-0.2, 0) is 19.0 Å². The number of carboxylic acid groups (broad SMARTS) is 1. The number of allylic oxidation sites excluding steroid dienone is 2. The molecule has 5 nitrogen and oxygen atoms in total. The number of carbonyl (C=O) groups is 2. The fraction of sp³-hybridized carbons (Fsp3) is 0.214. The van der Waals surface area contributed by atoms with Gasteiger partial charge in [0, 0.05) is 17.5 Å². The zero-order chi connectivity index (χ0) is 26.6. The molecule has 0 bridgehead atoms. The number of phenols is 1. The van der Waals surface area contributed by atoms with Crippen molar-refractivity contribution in [2.75, 3.05) is 7.11 Å². The lowest BCUT2D eigenvalue weighted by Crippen LogP contribution is -2.12. The van der Waals surface area contributed by atoms with Crippen LogP contribution in [0.4, 0.5) is 13.2 Å². The number of alkyl halides is 3. The van der Waals surface area contributed by atoms with Crippen molar-refractivity contribution < 1.29 is 37.7 Å². The molecule has 0 radical (unpaired) electrons. The zero-order valence-electron chi connectivity index (χ0n) is 19.9. The van der Waals surface area contributed by atoms with E-state index >= 15 is 0 Å². The molecule has 8 heteroatoms. The Hall–Kier alpha value is -4.07. The Balaban J connectivity index is 2.03. The Labute approximate surface area is 206 Å². The summed E-state index contributed by atoms with van der Waals surface area (Å²) >= 11 is 0. The second-order valence-electron chi connectivity index (χ2n) is 8.45. The molecule has 0 spiro atoms. The van der Waals surface area contributed by atoms with Gasteiger partial charge in [0.25, 0.3) is 0 Å². The lowest BCUT2D eigenvalue weighted by atomic mass is 9.92. The Morgan fingerprint density at radius 2 is 1.72 bits per heavy atom.